The fourth-order valence-electron chi connectivity index (χ4n) is 1.65. The van der Waals surface area contributed by atoms with Gasteiger partial charge in [-0.25, -0.2) is 18.5 Å². The number of hydrogen-bond acceptors (Lipinski definition) is 3. The summed E-state index contributed by atoms with van der Waals surface area (Å²) in [4.78, 5) is 4.56. The lowest BCUT2D eigenvalue weighted by Crippen LogP contribution is -2.41. The van der Waals surface area contributed by atoms with Crippen LogP contribution >= 0.6 is 0 Å². The van der Waals surface area contributed by atoms with Crippen molar-refractivity contribution in [2.75, 3.05) is 6.54 Å². The Kier molecular flexibility index (Phi) is 6.64. The minimum atomic E-state index is -3.68. The summed E-state index contributed by atoms with van der Waals surface area (Å²) in [6.45, 7) is 7.31. The third-order valence-corrected chi connectivity index (χ3v) is 3.90. The van der Waals surface area contributed by atoms with Gasteiger partial charge in [0, 0.05) is 12.6 Å². The van der Waals surface area contributed by atoms with E-state index in [4.69, 9.17) is 5.14 Å². The fraction of sp³-hybridized carbons (Fsp3) is 0.500. The highest BCUT2D eigenvalue weighted by atomic mass is 32.2. The number of hydrogen-bond donors (Lipinski definition) is 3. The molecule has 1 atom stereocenters. The Morgan fingerprint density at radius 3 is 2.67 bits per heavy atom. The van der Waals surface area contributed by atoms with Crippen LogP contribution in [0.1, 0.15) is 32.8 Å². The molecule has 0 bridgehead atoms. The molecule has 0 aliphatic carbocycles. The van der Waals surface area contributed by atoms with Gasteiger partial charge in [-0.1, -0.05) is 19.1 Å². The lowest BCUT2D eigenvalue weighted by atomic mass is 10.2. The summed E-state index contributed by atoms with van der Waals surface area (Å²) in [5.74, 6) is 0.716. The molecule has 0 saturated carbocycles. The molecule has 0 amide bonds. The number of sulfonamides is 1. The van der Waals surface area contributed by atoms with Gasteiger partial charge < -0.3 is 10.6 Å². The Morgan fingerprint density at radius 1 is 1.38 bits per heavy atom. The average molecular weight is 312 g/mol. The van der Waals surface area contributed by atoms with Gasteiger partial charge in [-0.15, -0.1) is 0 Å². The highest BCUT2D eigenvalue weighted by Crippen LogP contribution is 2.10. The summed E-state index contributed by atoms with van der Waals surface area (Å²) in [6, 6.07) is 6.83. The van der Waals surface area contributed by atoms with Crippen LogP contribution in [-0.2, 0) is 16.6 Å². The second-order valence-corrected chi connectivity index (χ2v) is 6.40. The molecule has 0 aliphatic rings. The maximum atomic E-state index is 11.3. The van der Waals surface area contributed by atoms with Crippen LogP contribution in [0.25, 0.3) is 0 Å². The number of primary sulfonamides is 1. The normalized spacial score (nSPS) is 13.8. The lowest BCUT2D eigenvalue weighted by Gasteiger charge is -2.16. The fourth-order valence-corrected chi connectivity index (χ4v) is 2.23. The molecule has 0 aromatic heterocycles. The van der Waals surface area contributed by atoms with Crippen LogP contribution in [0, 0.1) is 0 Å². The average Bonchev–Trinajstić information content (AvgIpc) is 2.44. The quantitative estimate of drug-likeness (QED) is 0.543. The molecule has 0 heterocycles. The van der Waals surface area contributed by atoms with E-state index in [1.807, 2.05) is 13.0 Å². The number of aliphatic imine (C=N–C) groups is 1. The van der Waals surface area contributed by atoms with Gasteiger partial charge in [-0.2, -0.15) is 0 Å². The molecule has 118 valence electrons. The first-order valence-electron chi connectivity index (χ1n) is 7.03. The molecule has 21 heavy (non-hydrogen) atoms. The highest BCUT2D eigenvalue weighted by Gasteiger charge is 2.08. The van der Waals surface area contributed by atoms with Crippen molar-refractivity contribution in [3.05, 3.63) is 29.8 Å². The van der Waals surface area contributed by atoms with Gasteiger partial charge in [-0.3, -0.25) is 0 Å². The van der Waals surface area contributed by atoms with E-state index in [-0.39, 0.29) is 4.90 Å². The molecule has 4 N–H and O–H groups in total. The second-order valence-electron chi connectivity index (χ2n) is 4.84. The van der Waals surface area contributed by atoms with E-state index >= 15 is 0 Å². The van der Waals surface area contributed by atoms with E-state index in [9.17, 15) is 8.42 Å². The number of nitrogens with one attached hydrogen (secondary N) is 2. The predicted octanol–water partition coefficient (Wildman–Crippen LogP) is 1.19. The molecule has 0 aliphatic heterocycles. The zero-order chi connectivity index (χ0) is 15.9. The van der Waals surface area contributed by atoms with Gasteiger partial charge in [0.15, 0.2) is 5.96 Å². The van der Waals surface area contributed by atoms with E-state index in [1.165, 1.54) is 6.07 Å². The molecule has 1 rings (SSSR count). The molecule has 0 saturated heterocycles. The SMILES string of the molecule is CCNC(=NCc1cccc(S(N)(=O)=O)c1)NC(C)CC. The van der Waals surface area contributed by atoms with Crippen molar-refractivity contribution in [3.8, 4) is 0 Å². The number of nitrogens with two attached hydrogens (primary N) is 1. The Morgan fingerprint density at radius 2 is 2.10 bits per heavy atom. The van der Waals surface area contributed by atoms with E-state index < -0.39 is 10.0 Å². The number of rotatable bonds is 6. The molecule has 0 radical (unpaired) electrons. The van der Waals surface area contributed by atoms with Crippen molar-refractivity contribution in [1.82, 2.24) is 10.6 Å². The number of guanidine groups is 1. The Balaban J connectivity index is 2.85. The monoisotopic (exact) mass is 312 g/mol. The van der Waals surface area contributed by atoms with Crippen LogP contribution in [-0.4, -0.2) is 27.0 Å². The first kappa shape index (κ1) is 17.5. The van der Waals surface area contributed by atoms with E-state index in [1.54, 1.807) is 12.1 Å². The van der Waals surface area contributed by atoms with Crippen LogP contribution in [0.3, 0.4) is 0 Å². The molecule has 1 aromatic rings. The van der Waals surface area contributed by atoms with Crippen molar-refractivity contribution in [2.24, 2.45) is 10.1 Å². The smallest absolute Gasteiger partial charge is 0.238 e. The first-order chi connectivity index (χ1) is 9.86. The van der Waals surface area contributed by atoms with Crippen LogP contribution in [0.5, 0.6) is 0 Å². The third kappa shape index (κ3) is 6.14. The Labute approximate surface area is 126 Å². The van der Waals surface area contributed by atoms with Crippen LogP contribution < -0.4 is 15.8 Å². The molecule has 7 heteroatoms. The topological polar surface area (TPSA) is 96.6 Å². The molecular weight excluding hydrogens is 288 g/mol. The summed E-state index contributed by atoms with van der Waals surface area (Å²) in [7, 11) is -3.68. The van der Waals surface area contributed by atoms with Crippen molar-refractivity contribution in [3.63, 3.8) is 0 Å². The third-order valence-electron chi connectivity index (χ3n) is 2.99. The van der Waals surface area contributed by atoms with E-state index in [0.717, 1.165) is 18.5 Å². The van der Waals surface area contributed by atoms with Gasteiger partial charge >= 0.3 is 0 Å². The lowest BCUT2D eigenvalue weighted by molar-refractivity contribution is 0.597. The van der Waals surface area contributed by atoms with Crippen LogP contribution in [0.2, 0.25) is 0 Å². The second kappa shape index (κ2) is 7.99. The molecule has 1 aromatic carbocycles. The summed E-state index contributed by atoms with van der Waals surface area (Å²) in [5, 5.41) is 11.6. The molecule has 1 unspecified atom stereocenters. The minimum absolute atomic E-state index is 0.107. The van der Waals surface area contributed by atoms with Gasteiger partial charge in [0.1, 0.15) is 0 Å². The summed E-state index contributed by atoms with van der Waals surface area (Å²) >= 11 is 0. The van der Waals surface area contributed by atoms with Gasteiger partial charge in [0.25, 0.3) is 0 Å². The zero-order valence-corrected chi connectivity index (χ0v) is 13.6. The molecule has 0 fully saturated rings. The Hall–Kier alpha value is -1.60. The van der Waals surface area contributed by atoms with Crippen molar-refractivity contribution in [1.29, 1.82) is 0 Å². The standard InChI is InChI=1S/C14H24N4O2S/c1-4-11(3)18-14(16-5-2)17-10-12-7-6-8-13(9-12)21(15,19)20/h6-9,11H,4-5,10H2,1-3H3,(H2,15,19,20)(H2,16,17,18). The summed E-state index contributed by atoms with van der Waals surface area (Å²) < 4.78 is 22.7. The largest absolute Gasteiger partial charge is 0.357 e. The molecular formula is C14H24N4O2S. The number of benzene rings is 1. The first-order valence-corrected chi connectivity index (χ1v) is 8.58. The highest BCUT2D eigenvalue weighted by molar-refractivity contribution is 7.89. The molecule has 0 spiro atoms. The van der Waals surface area contributed by atoms with Crippen LogP contribution in [0.15, 0.2) is 34.2 Å². The minimum Gasteiger partial charge on any atom is -0.357 e. The van der Waals surface area contributed by atoms with Gasteiger partial charge in [-0.05, 0) is 38.0 Å². The zero-order valence-electron chi connectivity index (χ0n) is 12.8. The predicted molar refractivity (Wildman–Crippen MR) is 85.5 cm³/mol. The van der Waals surface area contributed by atoms with Gasteiger partial charge in [0.2, 0.25) is 10.0 Å². The van der Waals surface area contributed by atoms with E-state index in [0.29, 0.717) is 18.5 Å². The van der Waals surface area contributed by atoms with Crippen molar-refractivity contribution in [2.45, 2.75) is 44.7 Å². The van der Waals surface area contributed by atoms with E-state index in [2.05, 4.69) is 29.5 Å². The van der Waals surface area contributed by atoms with Crippen LogP contribution in [0.4, 0.5) is 0 Å². The maximum absolute atomic E-state index is 11.3. The summed E-state index contributed by atoms with van der Waals surface area (Å²) in [5.41, 5.74) is 0.794. The maximum Gasteiger partial charge on any atom is 0.238 e. The van der Waals surface area contributed by atoms with Crippen molar-refractivity contribution < 1.29 is 8.42 Å². The van der Waals surface area contributed by atoms with Crippen molar-refractivity contribution >= 4 is 16.0 Å². The summed E-state index contributed by atoms with van der Waals surface area (Å²) in [6.07, 6.45) is 0.991. The molecule has 6 nitrogen and oxygen atoms in total. The Bertz CT molecular complexity index is 584. The van der Waals surface area contributed by atoms with Gasteiger partial charge in [0.05, 0.1) is 11.4 Å². The number of nitrogens with zero attached hydrogens (tertiary/aromatic N) is 1.